The molecule has 0 aromatic heterocycles. The smallest absolute Gasteiger partial charge is 0.261 e. The van der Waals surface area contributed by atoms with E-state index in [2.05, 4.69) is 44.2 Å². The molecule has 0 N–H and O–H groups in total. The minimum atomic E-state index is -0.847. The summed E-state index contributed by atoms with van der Waals surface area (Å²) in [5.41, 5.74) is 3.22. The van der Waals surface area contributed by atoms with Gasteiger partial charge in [0.05, 0.1) is 0 Å². The number of fused-ring (bicyclic) bond motifs is 3. The topological polar surface area (TPSA) is 59.7 Å². The zero-order valence-corrected chi connectivity index (χ0v) is 14.6. The number of benzene rings is 1. The third-order valence-corrected chi connectivity index (χ3v) is 7.08. The van der Waals surface area contributed by atoms with Gasteiger partial charge in [-0.15, -0.1) is 0 Å². The number of rotatable bonds is 0. The van der Waals surface area contributed by atoms with Gasteiger partial charge in [-0.25, -0.2) is 0 Å². The van der Waals surface area contributed by atoms with E-state index in [0.29, 0.717) is 0 Å². The van der Waals surface area contributed by atoms with Crippen molar-refractivity contribution >= 4 is 23.3 Å². The van der Waals surface area contributed by atoms with Gasteiger partial charge in [0.15, 0.2) is 0 Å². The van der Waals surface area contributed by atoms with Crippen molar-refractivity contribution < 1.29 is 31.3 Å². The number of hydrogen-bond acceptors (Lipinski definition) is 0. The number of hydrogen-bond donors (Lipinski definition) is 0. The summed E-state index contributed by atoms with van der Waals surface area (Å²) in [7, 11) is 6.39. The van der Waals surface area contributed by atoms with Gasteiger partial charge >= 0.3 is 47.1 Å². The minimum Gasteiger partial charge on any atom is -0.261 e. The first kappa shape index (κ1) is 23.1. The van der Waals surface area contributed by atoms with E-state index in [9.17, 15) is 0 Å². The molecule has 1 aliphatic carbocycles. The fourth-order valence-electron chi connectivity index (χ4n) is 3.22. The molecular weight excluding hydrogens is 343 g/mol. The Bertz CT molecular complexity index is 461. The van der Waals surface area contributed by atoms with Gasteiger partial charge in [-0.3, -0.25) is 10.0 Å². The molecule has 0 radical (unpaired) electrons. The van der Waals surface area contributed by atoms with E-state index in [1.807, 2.05) is 0 Å². The summed E-state index contributed by atoms with van der Waals surface area (Å²) in [6.45, 7) is 13.5. The van der Waals surface area contributed by atoms with Gasteiger partial charge in [0.1, 0.15) is 0 Å². The van der Waals surface area contributed by atoms with Crippen LogP contribution in [0.5, 0.6) is 0 Å². The second kappa shape index (κ2) is 13.5. The molecule has 2 aliphatic rings. The first-order valence-corrected chi connectivity index (χ1v) is 9.55. The molecule has 0 unspecified atom stereocenters. The van der Waals surface area contributed by atoms with Crippen LogP contribution in [0.15, 0.2) is 24.3 Å². The summed E-state index contributed by atoms with van der Waals surface area (Å²) in [5, 5.41) is 2.71. The summed E-state index contributed by atoms with van der Waals surface area (Å²) in [6.07, 6.45) is 2.67. The Hall–Kier alpha value is -0.205. The molecule has 1 saturated heterocycles. The molecule has 0 amide bonds. The van der Waals surface area contributed by atoms with Crippen LogP contribution in [0.25, 0.3) is 0 Å². The van der Waals surface area contributed by atoms with Crippen molar-refractivity contribution in [2.24, 2.45) is 5.92 Å². The Morgan fingerprint density at radius 1 is 1.00 bits per heavy atom. The average molecular weight is 357 g/mol. The molecule has 0 saturated carbocycles. The average Bonchev–Trinajstić information content (AvgIpc) is 2.94. The summed E-state index contributed by atoms with van der Waals surface area (Å²) in [4.78, 5) is 0. The molecule has 1 aromatic rings. The van der Waals surface area contributed by atoms with Crippen molar-refractivity contribution in [3.05, 3.63) is 55.3 Å². The summed E-state index contributed by atoms with van der Waals surface area (Å²) < 4.78 is 22.5. The van der Waals surface area contributed by atoms with Gasteiger partial charge in [0, 0.05) is 17.4 Å². The molecule has 3 nitrogen and oxygen atoms in total. The molecule has 6 heteroatoms. The molecule has 1 fully saturated rings. The van der Waals surface area contributed by atoms with Crippen molar-refractivity contribution in [3.8, 4) is 0 Å². The predicted molar refractivity (Wildman–Crippen MR) is 74.0 cm³/mol. The minimum absolute atomic E-state index is 0. The van der Waals surface area contributed by atoms with Crippen molar-refractivity contribution in [2.75, 3.05) is 0 Å². The molecule has 3 rings (SSSR count). The second-order valence-corrected chi connectivity index (χ2v) is 8.66. The van der Waals surface area contributed by atoms with Crippen LogP contribution in [0.4, 0.5) is 0 Å². The Morgan fingerprint density at radius 2 is 1.57 bits per heavy atom. The van der Waals surface area contributed by atoms with E-state index in [4.69, 9.17) is 24.0 Å². The maximum atomic E-state index is 7.50. The van der Waals surface area contributed by atoms with Crippen LogP contribution in [0.3, 0.4) is 0 Å². The zero-order chi connectivity index (χ0) is 15.5. The van der Waals surface area contributed by atoms with E-state index in [1.54, 1.807) is 11.1 Å². The van der Waals surface area contributed by atoms with Gasteiger partial charge in [-0.1, -0.05) is 34.8 Å². The van der Waals surface area contributed by atoms with Crippen LogP contribution < -0.4 is 0 Å². The second-order valence-electron chi connectivity index (χ2n) is 4.67. The summed E-state index contributed by atoms with van der Waals surface area (Å²) in [5.74, 6) is 1.76. The van der Waals surface area contributed by atoms with Crippen molar-refractivity contribution in [1.29, 1.82) is 0 Å². The Labute approximate surface area is 144 Å². The molecule has 108 valence electrons. The Balaban J connectivity index is 0. The fourth-order valence-corrected chi connectivity index (χ4v) is 7.09. The van der Waals surface area contributed by atoms with Gasteiger partial charge in [0.2, 0.25) is 0 Å². The van der Waals surface area contributed by atoms with E-state index in [-0.39, 0.29) is 17.4 Å². The molecule has 0 spiro atoms. The standard InChI is InChI=1S/C12H14.3CO.Al.ClH.Cr/c1-9-7-8-11-5-3-4-6-12(11)10(9)2;3*1-2;;;/h3-6,9-10H,1-2,7-8H2;;;;;1H;/q;;;;+1;;/p-1/t9-,10-;;;;;;/m0....../s1. The van der Waals surface area contributed by atoms with Gasteiger partial charge in [-0.05, 0) is 35.8 Å². The maximum absolute atomic E-state index is 7.50. The van der Waals surface area contributed by atoms with E-state index >= 15 is 0 Å². The first-order chi connectivity index (χ1) is 9.84. The molecule has 1 aliphatic heterocycles. The monoisotopic (exact) mass is 356 g/mol. The number of halogens is 1. The SMILES string of the molecule is [C-]#[O+].[C-]#[O+].[C-]#[O+].[Cl][Al]1[CH2][C@H]2CCc3ccccc3[C@H]2[CH2]1.[Cr]. The Kier molecular flexibility index (Phi) is 14.8. The van der Waals surface area contributed by atoms with Crippen LogP contribution in [0, 0.1) is 25.9 Å². The molecule has 1 heterocycles. The van der Waals surface area contributed by atoms with Crippen LogP contribution in [-0.4, -0.2) is 13.2 Å². The van der Waals surface area contributed by atoms with Gasteiger partial charge < -0.3 is 0 Å². The summed E-state index contributed by atoms with van der Waals surface area (Å²) >= 11 is -0.847. The third kappa shape index (κ3) is 6.20. The van der Waals surface area contributed by atoms with Crippen LogP contribution >= 0.6 is 10.0 Å². The van der Waals surface area contributed by atoms with Crippen LogP contribution in [-0.2, 0) is 37.7 Å². The Morgan fingerprint density at radius 3 is 2.19 bits per heavy atom. The summed E-state index contributed by atoms with van der Waals surface area (Å²) in [6, 6.07) is 8.98. The normalized spacial score (nSPS) is 20.2. The van der Waals surface area contributed by atoms with Gasteiger partial charge in [0.25, 0.3) is 0 Å². The van der Waals surface area contributed by atoms with Crippen LogP contribution in [0.1, 0.15) is 23.5 Å². The van der Waals surface area contributed by atoms with E-state index in [0.717, 1.165) is 11.8 Å². The first-order valence-electron chi connectivity index (χ1n) is 6.17. The maximum Gasteiger partial charge on any atom is 0.400 e. The van der Waals surface area contributed by atoms with Crippen molar-refractivity contribution in [3.63, 3.8) is 0 Å². The van der Waals surface area contributed by atoms with Crippen molar-refractivity contribution in [2.45, 2.75) is 29.3 Å². The predicted octanol–water partition coefficient (Wildman–Crippen LogP) is 3.46. The van der Waals surface area contributed by atoms with E-state index in [1.165, 1.54) is 23.4 Å². The van der Waals surface area contributed by atoms with Crippen LogP contribution in [0.2, 0.25) is 10.6 Å². The molecule has 21 heavy (non-hydrogen) atoms. The molecule has 1 aromatic carbocycles. The quantitative estimate of drug-likeness (QED) is 0.388. The van der Waals surface area contributed by atoms with Gasteiger partial charge in [-0.2, -0.15) is 0 Å². The van der Waals surface area contributed by atoms with Crippen molar-refractivity contribution in [1.82, 2.24) is 0 Å². The fraction of sp³-hybridized carbons (Fsp3) is 0.400. The largest absolute Gasteiger partial charge is 0.400 e. The molecular formula is C15H14AlClCrO3. The third-order valence-electron chi connectivity index (χ3n) is 3.88. The zero-order valence-electron chi connectivity index (χ0n) is 11.4. The number of aryl methyl sites for hydroxylation is 1. The molecule has 2 atom stereocenters. The van der Waals surface area contributed by atoms with E-state index < -0.39 is 13.2 Å². The molecule has 0 bridgehead atoms.